The van der Waals surface area contributed by atoms with Gasteiger partial charge in [-0.05, 0) is 51.2 Å². The highest BCUT2D eigenvalue weighted by atomic mass is 127. The van der Waals surface area contributed by atoms with Crippen molar-refractivity contribution in [1.82, 2.24) is 15.5 Å². The molecule has 0 radical (unpaired) electrons. The first-order valence-electron chi connectivity index (χ1n) is 10.6. The molecule has 1 heterocycles. The molecule has 7 nitrogen and oxygen atoms in total. The van der Waals surface area contributed by atoms with Crippen LogP contribution in [-0.4, -0.2) is 72.0 Å². The summed E-state index contributed by atoms with van der Waals surface area (Å²) in [7, 11) is 6.76. The van der Waals surface area contributed by atoms with Crippen LogP contribution in [0.4, 0.5) is 0 Å². The minimum Gasteiger partial charge on any atom is -0.496 e. The molecular weight excluding hydrogens is 495 g/mol. The molecule has 1 aliphatic rings. The van der Waals surface area contributed by atoms with Gasteiger partial charge in [-0.3, -0.25) is 4.99 Å². The number of methoxy groups -OCH3 is 3. The highest BCUT2D eigenvalue weighted by Gasteiger charge is 2.15. The summed E-state index contributed by atoms with van der Waals surface area (Å²) in [4.78, 5) is 6.89. The van der Waals surface area contributed by atoms with Crippen LogP contribution in [0, 0.1) is 5.92 Å². The zero-order valence-electron chi connectivity index (χ0n) is 19.1. The van der Waals surface area contributed by atoms with Crippen molar-refractivity contribution >= 4 is 29.9 Å². The van der Waals surface area contributed by atoms with Crippen molar-refractivity contribution in [2.75, 3.05) is 61.1 Å². The average molecular weight is 534 g/mol. The predicted molar refractivity (Wildman–Crippen MR) is 134 cm³/mol. The molecular formula is C22H39IN4O3. The predicted octanol–water partition coefficient (Wildman–Crippen LogP) is 3.16. The second kappa shape index (κ2) is 14.6. The molecule has 0 unspecified atom stereocenters. The summed E-state index contributed by atoms with van der Waals surface area (Å²) in [5.41, 5.74) is 1.01. The molecule has 0 bridgehead atoms. The molecule has 1 saturated heterocycles. The van der Waals surface area contributed by atoms with Crippen molar-refractivity contribution in [3.8, 4) is 17.2 Å². The van der Waals surface area contributed by atoms with Crippen molar-refractivity contribution in [2.24, 2.45) is 10.9 Å². The third-order valence-corrected chi connectivity index (χ3v) is 5.53. The van der Waals surface area contributed by atoms with Crippen LogP contribution in [0.25, 0.3) is 0 Å². The van der Waals surface area contributed by atoms with E-state index in [9.17, 15) is 0 Å². The Morgan fingerprint density at radius 3 is 2.17 bits per heavy atom. The van der Waals surface area contributed by atoms with E-state index in [1.165, 1.54) is 25.9 Å². The summed E-state index contributed by atoms with van der Waals surface area (Å²) in [5.74, 6) is 3.96. The summed E-state index contributed by atoms with van der Waals surface area (Å²) in [6.07, 6.45) is 4.53. The van der Waals surface area contributed by atoms with Crippen LogP contribution < -0.4 is 24.8 Å². The first kappa shape index (κ1) is 26.6. The molecule has 1 aromatic carbocycles. The molecule has 30 heavy (non-hydrogen) atoms. The van der Waals surface area contributed by atoms with Crippen molar-refractivity contribution in [3.05, 3.63) is 17.7 Å². The van der Waals surface area contributed by atoms with Crippen LogP contribution >= 0.6 is 24.0 Å². The van der Waals surface area contributed by atoms with Crippen LogP contribution in [0.3, 0.4) is 0 Å². The summed E-state index contributed by atoms with van der Waals surface area (Å²) in [5, 5.41) is 6.79. The molecule has 0 aliphatic carbocycles. The topological polar surface area (TPSA) is 67.4 Å². The maximum absolute atomic E-state index is 5.52. The number of aliphatic imine (C=N–C) groups is 1. The summed E-state index contributed by atoms with van der Waals surface area (Å²) < 4.78 is 16.3. The molecule has 2 rings (SSSR count). The minimum atomic E-state index is 0. The van der Waals surface area contributed by atoms with E-state index in [-0.39, 0.29) is 24.0 Å². The van der Waals surface area contributed by atoms with Crippen molar-refractivity contribution in [3.63, 3.8) is 0 Å². The molecule has 0 spiro atoms. The molecule has 0 saturated carbocycles. The molecule has 1 aromatic rings. The maximum atomic E-state index is 5.52. The number of guanidine groups is 1. The SMILES string of the molecule is CN=C(NCCCN1CCC(C)CC1)NCCc1c(OC)cc(OC)cc1OC.I. The molecule has 2 N–H and O–H groups in total. The Hall–Kier alpha value is -1.42. The van der Waals surface area contributed by atoms with Gasteiger partial charge in [0, 0.05) is 37.8 Å². The van der Waals surface area contributed by atoms with E-state index in [0.29, 0.717) is 0 Å². The summed E-state index contributed by atoms with van der Waals surface area (Å²) >= 11 is 0. The molecule has 0 amide bonds. The van der Waals surface area contributed by atoms with Crippen molar-refractivity contribution in [1.29, 1.82) is 0 Å². The normalized spacial score (nSPS) is 15.3. The molecule has 1 aliphatic heterocycles. The van der Waals surface area contributed by atoms with Crippen LogP contribution in [0.5, 0.6) is 17.2 Å². The molecule has 172 valence electrons. The first-order chi connectivity index (χ1) is 14.1. The Bertz CT molecular complexity index is 624. The second-order valence-electron chi connectivity index (χ2n) is 7.56. The number of ether oxygens (including phenoxy) is 3. The Morgan fingerprint density at radius 2 is 1.63 bits per heavy atom. The Morgan fingerprint density at radius 1 is 1.03 bits per heavy atom. The zero-order valence-corrected chi connectivity index (χ0v) is 21.5. The van der Waals surface area contributed by atoms with Gasteiger partial charge < -0.3 is 29.7 Å². The van der Waals surface area contributed by atoms with Gasteiger partial charge in [0.2, 0.25) is 0 Å². The third kappa shape index (κ3) is 8.37. The Labute approximate surface area is 199 Å². The lowest BCUT2D eigenvalue weighted by Gasteiger charge is -2.30. The largest absolute Gasteiger partial charge is 0.496 e. The van der Waals surface area contributed by atoms with Gasteiger partial charge >= 0.3 is 0 Å². The van der Waals surface area contributed by atoms with Crippen LogP contribution in [0.1, 0.15) is 31.7 Å². The van der Waals surface area contributed by atoms with Gasteiger partial charge in [-0.1, -0.05) is 6.92 Å². The lowest BCUT2D eigenvalue weighted by Crippen LogP contribution is -2.40. The Balaban J connectivity index is 0.00000450. The van der Waals surface area contributed by atoms with E-state index >= 15 is 0 Å². The van der Waals surface area contributed by atoms with E-state index in [0.717, 1.165) is 67.2 Å². The zero-order chi connectivity index (χ0) is 21.1. The van der Waals surface area contributed by atoms with E-state index in [2.05, 4.69) is 27.4 Å². The van der Waals surface area contributed by atoms with Gasteiger partial charge in [0.25, 0.3) is 0 Å². The first-order valence-corrected chi connectivity index (χ1v) is 10.6. The lowest BCUT2D eigenvalue weighted by molar-refractivity contribution is 0.191. The fourth-order valence-corrected chi connectivity index (χ4v) is 3.65. The van der Waals surface area contributed by atoms with Gasteiger partial charge in [-0.15, -0.1) is 24.0 Å². The second-order valence-corrected chi connectivity index (χ2v) is 7.56. The molecule has 1 fully saturated rings. The minimum absolute atomic E-state index is 0. The molecule has 0 aromatic heterocycles. The number of hydrogen-bond donors (Lipinski definition) is 2. The van der Waals surface area contributed by atoms with Crippen LogP contribution in [-0.2, 0) is 6.42 Å². The summed E-state index contributed by atoms with van der Waals surface area (Å²) in [6.45, 7) is 7.62. The van der Waals surface area contributed by atoms with Gasteiger partial charge in [0.15, 0.2) is 5.96 Å². The number of piperidine rings is 1. The third-order valence-electron chi connectivity index (χ3n) is 5.53. The highest BCUT2D eigenvalue weighted by molar-refractivity contribution is 14.0. The van der Waals surface area contributed by atoms with E-state index in [4.69, 9.17) is 14.2 Å². The van der Waals surface area contributed by atoms with Gasteiger partial charge in [0.05, 0.1) is 21.3 Å². The Kier molecular flexibility index (Phi) is 12.9. The van der Waals surface area contributed by atoms with Gasteiger partial charge in [-0.2, -0.15) is 0 Å². The lowest BCUT2D eigenvalue weighted by atomic mass is 9.99. The maximum Gasteiger partial charge on any atom is 0.190 e. The fraction of sp³-hybridized carbons (Fsp3) is 0.682. The quantitative estimate of drug-likeness (QED) is 0.208. The number of halogens is 1. The fourth-order valence-electron chi connectivity index (χ4n) is 3.65. The number of rotatable bonds is 10. The standard InChI is InChI=1S/C22H38N4O3.HI/c1-17-8-13-26(14-9-17)12-6-10-24-22(23-2)25-11-7-19-20(28-4)15-18(27-3)16-21(19)29-5;/h15-17H,6-14H2,1-5H3,(H2,23,24,25);1H. The van der Waals surface area contributed by atoms with Crippen molar-refractivity contribution in [2.45, 2.75) is 32.6 Å². The average Bonchev–Trinajstić information content (AvgIpc) is 2.76. The van der Waals surface area contributed by atoms with Gasteiger partial charge in [0.1, 0.15) is 17.2 Å². The van der Waals surface area contributed by atoms with Crippen LogP contribution in [0.15, 0.2) is 17.1 Å². The number of nitrogens with one attached hydrogen (secondary N) is 2. The summed E-state index contributed by atoms with van der Waals surface area (Å²) in [6, 6.07) is 3.76. The number of nitrogens with zero attached hydrogens (tertiary/aromatic N) is 2. The number of benzene rings is 1. The van der Waals surface area contributed by atoms with E-state index < -0.39 is 0 Å². The van der Waals surface area contributed by atoms with E-state index in [1.54, 1.807) is 28.4 Å². The monoisotopic (exact) mass is 534 g/mol. The molecule has 8 heteroatoms. The highest BCUT2D eigenvalue weighted by Crippen LogP contribution is 2.34. The van der Waals surface area contributed by atoms with Crippen molar-refractivity contribution < 1.29 is 14.2 Å². The number of hydrogen-bond acceptors (Lipinski definition) is 5. The molecule has 0 atom stereocenters. The number of likely N-dealkylation sites (tertiary alicyclic amines) is 1. The van der Waals surface area contributed by atoms with E-state index in [1.807, 2.05) is 12.1 Å². The smallest absolute Gasteiger partial charge is 0.190 e. The van der Waals surface area contributed by atoms with Crippen LogP contribution in [0.2, 0.25) is 0 Å². The van der Waals surface area contributed by atoms with Gasteiger partial charge in [-0.25, -0.2) is 0 Å².